The van der Waals surface area contributed by atoms with Gasteiger partial charge in [0.25, 0.3) is 5.88 Å². The maximum Gasteiger partial charge on any atom is 0.372 e. The smallest absolute Gasteiger partial charge is 0.372 e. The molecule has 0 aromatic carbocycles. The molecule has 8 heteroatoms. The number of anilines is 1. The summed E-state index contributed by atoms with van der Waals surface area (Å²) in [5.41, 5.74) is 5.12. The lowest BCUT2D eigenvalue weighted by molar-refractivity contribution is -0.385. The maximum absolute atomic E-state index is 10.8. The molecule has 88 valence electrons. The minimum absolute atomic E-state index is 0.0771. The summed E-state index contributed by atoms with van der Waals surface area (Å²) in [4.78, 5) is 17.7. The number of nitrogens with two attached hydrogens (primary N) is 1. The van der Waals surface area contributed by atoms with Crippen molar-refractivity contribution in [2.75, 3.05) is 19.0 Å². The van der Waals surface area contributed by atoms with Gasteiger partial charge in [-0.3, -0.25) is 10.1 Å². The van der Waals surface area contributed by atoms with Crippen molar-refractivity contribution in [2.24, 2.45) is 5.73 Å². The lowest BCUT2D eigenvalue weighted by atomic mass is 10.3. The van der Waals surface area contributed by atoms with Gasteiger partial charge in [0.2, 0.25) is 5.82 Å². The summed E-state index contributed by atoms with van der Waals surface area (Å²) in [5.74, 6) is 0.0292. The van der Waals surface area contributed by atoms with E-state index in [4.69, 9.17) is 10.5 Å². The van der Waals surface area contributed by atoms with Crippen molar-refractivity contribution < 1.29 is 9.66 Å². The summed E-state index contributed by atoms with van der Waals surface area (Å²) in [5, 5.41) is 13.7. The van der Waals surface area contributed by atoms with Crippen molar-refractivity contribution in [3.05, 3.63) is 16.4 Å². The molecule has 0 saturated heterocycles. The molecule has 0 radical (unpaired) electrons. The Bertz CT molecular complexity index is 384. The van der Waals surface area contributed by atoms with Crippen LogP contribution in [0.2, 0.25) is 0 Å². The standard InChI is InChI=1S/C8H13N5O3/c1-5(3-9)12-7-6(13(14)15)8(16-2)11-4-10-7/h4-5H,3,9H2,1-2H3,(H,10,11,12). The quantitative estimate of drug-likeness (QED) is 0.543. The Morgan fingerprint density at radius 1 is 1.69 bits per heavy atom. The summed E-state index contributed by atoms with van der Waals surface area (Å²) in [6.45, 7) is 2.13. The SMILES string of the molecule is COc1ncnc(NC(C)CN)c1[N+](=O)[O-]. The maximum atomic E-state index is 10.8. The number of hydrogen-bond donors (Lipinski definition) is 2. The van der Waals surface area contributed by atoms with E-state index in [2.05, 4.69) is 15.3 Å². The molecule has 8 nitrogen and oxygen atoms in total. The molecule has 0 spiro atoms. The van der Waals surface area contributed by atoms with Gasteiger partial charge in [-0.1, -0.05) is 0 Å². The molecule has 0 saturated carbocycles. The van der Waals surface area contributed by atoms with Crippen molar-refractivity contribution in [3.63, 3.8) is 0 Å². The minimum atomic E-state index is -0.593. The molecule has 0 aliphatic carbocycles. The van der Waals surface area contributed by atoms with Crippen molar-refractivity contribution in [2.45, 2.75) is 13.0 Å². The van der Waals surface area contributed by atoms with E-state index in [-0.39, 0.29) is 23.4 Å². The van der Waals surface area contributed by atoms with Gasteiger partial charge in [-0.05, 0) is 6.92 Å². The predicted molar refractivity (Wildman–Crippen MR) is 57.4 cm³/mol. The highest BCUT2D eigenvalue weighted by Crippen LogP contribution is 2.30. The van der Waals surface area contributed by atoms with Gasteiger partial charge in [-0.25, -0.2) is 4.98 Å². The molecule has 0 fully saturated rings. The molecule has 16 heavy (non-hydrogen) atoms. The summed E-state index contributed by atoms with van der Waals surface area (Å²) in [6.07, 6.45) is 1.19. The number of nitrogens with zero attached hydrogens (tertiary/aromatic N) is 3. The number of rotatable bonds is 5. The first kappa shape index (κ1) is 12.1. The van der Waals surface area contributed by atoms with Gasteiger partial charge in [-0.2, -0.15) is 4.98 Å². The van der Waals surface area contributed by atoms with E-state index in [1.807, 2.05) is 0 Å². The van der Waals surface area contributed by atoms with Gasteiger partial charge in [0.05, 0.1) is 12.0 Å². The van der Waals surface area contributed by atoms with E-state index in [1.165, 1.54) is 13.4 Å². The third-order valence-corrected chi connectivity index (χ3v) is 1.90. The third kappa shape index (κ3) is 2.54. The molecule has 0 amide bonds. The van der Waals surface area contributed by atoms with Gasteiger partial charge < -0.3 is 15.8 Å². The van der Waals surface area contributed by atoms with Crippen molar-refractivity contribution in [3.8, 4) is 5.88 Å². The first-order chi connectivity index (χ1) is 7.60. The van der Waals surface area contributed by atoms with Crippen molar-refractivity contribution in [1.82, 2.24) is 9.97 Å². The first-order valence-electron chi connectivity index (χ1n) is 4.60. The molecule has 1 unspecified atom stereocenters. The number of ether oxygens (including phenoxy) is 1. The van der Waals surface area contributed by atoms with Crippen LogP contribution >= 0.6 is 0 Å². The highest BCUT2D eigenvalue weighted by Gasteiger charge is 2.24. The Morgan fingerprint density at radius 3 is 2.88 bits per heavy atom. The van der Waals surface area contributed by atoms with E-state index >= 15 is 0 Å². The van der Waals surface area contributed by atoms with E-state index < -0.39 is 4.92 Å². The van der Waals surface area contributed by atoms with Crippen LogP contribution in [0.3, 0.4) is 0 Å². The Kier molecular flexibility index (Phi) is 3.95. The molecule has 0 aliphatic rings. The van der Waals surface area contributed by atoms with Crippen LogP contribution in [0.5, 0.6) is 5.88 Å². The monoisotopic (exact) mass is 227 g/mol. The molecule has 1 heterocycles. The van der Waals surface area contributed by atoms with Crippen LogP contribution in [-0.4, -0.2) is 34.6 Å². The van der Waals surface area contributed by atoms with Crippen LogP contribution in [0, 0.1) is 10.1 Å². The zero-order chi connectivity index (χ0) is 12.1. The lowest BCUT2D eigenvalue weighted by Gasteiger charge is -2.12. The van der Waals surface area contributed by atoms with Gasteiger partial charge in [0.1, 0.15) is 6.33 Å². The normalized spacial score (nSPS) is 11.9. The van der Waals surface area contributed by atoms with Gasteiger partial charge in [-0.15, -0.1) is 0 Å². The fourth-order valence-electron chi connectivity index (χ4n) is 1.07. The van der Waals surface area contributed by atoms with Crippen LogP contribution in [0.15, 0.2) is 6.33 Å². The minimum Gasteiger partial charge on any atom is -0.476 e. The van der Waals surface area contributed by atoms with Gasteiger partial charge in [0.15, 0.2) is 0 Å². The average Bonchev–Trinajstić information content (AvgIpc) is 2.28. The largest absolute Gasteiger partial charge is 0.476 e. The number of aromatic nitrogens is 2. The molecule has 0 aliphatic heterocycles. The second-order valence-electron chi connectivity index (χ2n) is 3.12. The molecule has 1 aromatic rings. The van der Waals surface area contributed by atoms with Crippen LogP contribution in [0.4, 0.5) is 11.5 Å². The number of nitro groups is 1. The second-order valence-corrected chi connectivity index (χ2v) is 3.12. The molecule has 1 aromatic heterocycles. The second kappa shape index (κ2) is 5.21. The summed E-state index contributed by atoms with van der Waals surface area (Å²) >= 11 is 0. The zero-order valence-corrected chi connectivity index (χ0v) is 9.01. The van der Waals surface area contributed by atoms with E-state index in [9.17, 15) is 10.1 Å². The Balaban J connectivity index is 3.12. The molecule has 0 bridgehead atoms. The Hall–Kier alpha value is -1.96. The van der Waals surface area contributed by atoms with Gasteiger partial charge in [0, 0.05) is 12.6 Å². The molecular formula is C8H13N5O3. The van der Waals surface area contributed by atoms with Crippen LogP contribution in [0.1, 0.15) is 6.92 Å². The fraction of sp³-hybridized carbons (Fsp3) is 0.500. The summed E-state index contributed by atoms with van der Waals surface area (Å²) in [6, 6.07) is -0.127. The number of hydrogen-bond acceptors (Lipinski definition) is 7. The fourth-order valence-corrected chi connectivity index (χ4v) is 1.07. The topological polar surface area (TPSA) is 116 Å². The van der Waals surface area contributed by atoms with E-state index in [0.717, 1.165) is 0 Å². The Labute approximate surface area is 92.0 Å². The predicted octanol–water partition coefficient (Wildman–Crippen LogP) is 0.152. The highest BCUT2D eigenvalue weighted by molar-refractivity contribution is 5.61. The summed E-state index contributed by atoms with van der Waals surface area (Å²) in [7, 11) is 1.31. The molecule has 1 atom stereocenters. The van der Waals surface area contributed by atoms with Crippen LogP contribution in [-0.2, 0) is 0 Å². The van der Waals surface area contributed by atoms with E-state index in [1.54, 1.807) is 6.92 Å². The first-order valence-corrected chi connectivity index (χ1v) is 4.60. The van der Waals surface area contributed by atoms with Crippen molar-refractivity contribution >= 4 is 11.5 Å². The Morgan fingerprint density at radius 2 is 2.38 bits per heavy atom. The van der Waals surface area contributed by atoms with Crippen molar-refractivity contribution in [1.29, 1.82) is 0 Å². The molecule has 3 N–H and O–H groups in total. The van der Waals surface area contributed by atoms with E-state index in [0.29, 0.717) is 6.54 Å². The zero-order valence-electron chi connectivity index (χ0n) is 9.01. The lowest BCUT2D eigenvalue weighted by Crippen LogP contribution is -2.26. The van der Waals surface area contributed by atoms with Gasteiger partial charge >= 0.3 is 5.69 Å². The third-order valence-electron chi connectivity index (χ3n) is 1.90. The highest BCUT2D eigenvalue weighted by atomic mass is 16.6. The van der Waals surface area contributed by atoms with Crippen LogP contribution < -0.4 is 15.8 Å². The number of nitrogens with one attached hydrogen (secondary N) is 1. The number of methoxy groups -OCH3 is 1. The molecule has 1 rings (SSSR count). The van der Waals surface area contributed by atoms with Crippen LogP contribution in [0.25, 0.3) is 0 Å². The molecular weight excluding hydrogens is 214 g/mol. The summed E-state index contributed by atoms with van der Waals surface area (Å²) < 4.78 is 4.80. The average molecular weight is 227 g/mol.